The summed E-state index contributed by atoms with van der Waals surface area (Å²) in [6.07, 6.45) is 0.464. The first kappa shape index (κ1) is 16.0. The quantitative estimate of drug-likeness (QED) is 0.888. The third-order valence-corrected chi connectivity index (χ3v) is 3.02. The fourth-order valence-corrected chi connectivity index (χ4v) is 1.85. The van der Waals surface area contributed by atoms with Crippen LogP contribution in [-0.2, 0) is 11.2 Å². The summed E-state index contributed by atoms with van der Waals surface area (Å²) in [6, 6.07) is 5.91. The molecule has 0 aromatic heterocycles. The molecule has 2 N–H and O–H groups in total. The normalized spacial score (nSPS) is 11.2. The number of anilines is 1. The molecule has 1 aromatic rings. The van der Waals surface area contributed by atoms with E-state index in [9.17, 15) is 4.79 Å². The van der Waals surface area contributed by atoms with E-state index in [1.165, 1.54) is 0 Å². The van der Waals surface area contributed by atoms with Crippen LogP contribution in [0.25, 0.3) is 0 Å². The zero-order valence-corrected chi connectivity index (χ0v) is 13.4. The molecule has 19 heavy (non-hydrogen) atoms. The van der Waals surface area contributed by atoms with Crippen LogP contribution in [0.4, 0.5) is 10.5 Å². The highest BCUT2D eigenvalue weighted by Crippen LogP contribution is 2.24. The summed E-state index contributed by atoms with van der Waals surface area (Å²) in [7, 11) is 1.92. The van der Waals surface area contributed by atoms with Crippen LogP contribution >= 0.6 is 15.9 Å². The van der Waals surface area contributed by atoms with Crippen LogP contribution in [0.5, 0.6) is 0 Å². The van der Waals surface area contributed by atoms with Crippen molar-refractivity contribution in [3.8, 4) is 0 Å². The Kier molecular flexibility index (Phi) is 5.82. The van der Waals surface area contributed by atoms with Gasteiger partial charge in [0.05, 0.1) is 5.69 Å². The van der Waals surface area contributed by atoms with E-state index in [-0.39, 0.29) is 0 Å². The van der Waals surface area contributed by atoms with Crippen molar-refractivity contribution >= 4 is 27.7 Å². The summed E-state index contributed by atoms with van der Waals surface area (Å²) >= 11 is 3.42. The highest BCUT2D eigenvalue weighted by atomic mass is 79.9. The first-order chi connectivity index (χ1) is 8.81. The minimum absolute atomic E-state index is 0.445. The summed E-state index contributed by atoms with van der Waals surface area (Å²) in [6.45, 7) is 6.41. The summed E-state index contributed by atoms with van der Waals surface area (Å²) in [4.78, 5) is 11.7. The van der Waals surface area contributed by atoms with E-state index >= 15 is 0 Å². The number of halogens is 1. The van der Waals surface area contributed by atoms with Crippen LogP contribution in [-0.4, -0.2) is 25.3 Å². The predicted octanol–water partition coefficient (Wildman–Crippen LogP) is 3.56. The number of nitrogens with one attached hydrogen (secondary N) is 2. The molecule has 0 spiro atoms. The van der Waals surface area contributed by atoms with E-state index < -0.39 is 11.7 Å². The van der Waals surface area contributed by atoms with Crippen LogP contribution in [0.2, 0.25) is 0 Å². The monoisotopic (exact) mass is 328 g/mol. The molecule has 0 fully saturated rings. The number of likely N-dealkylation sites (N-methyl/N-ethyl adjacent to an activating group) is 1. The lowest BCUT2D eigenvalue weighted by Gasteiger charge is -2.20. The Morgan fingerprint density at radius 3 is 2.63 bits per heavy atom. The number of amides is 1. The molecule has 0 unspecified atom stereocenters. The molecule has 0 bridgehead atoms. The molecule has 0 radical (unpaired) electrons. The number of carbonyl (C=O) groups excluding carboxylic acids is 1. The standard InChI is InChI=1S/C14H21BrN2O2/c1-14(2,3)19-13(18)17-12-9-10(7-8-16-4)5-6-11(12)15/h5-6,9,16H,7-8H2,1-4H3,(H,17,18). The van der Waals surface area contributed by atoms with Gasteiger partial charge in [-0.3, -0.25) is 5.32 Å². The van der Waals surface area contributed by atoms with Gasteiger partial charge in [-0.05, 0) is 74.4 Å². The van der Waals surface area contributed by atoms with Gasteiger partial charge in [-0.1, -0.05) is 6.07 Å². The van der Waals surface area contributed by atoms with Crippen molar-refractivity contribution in [3.05, 3.63) is 28.2 Å². The molecule has 0 saturated heterocycles. The van der Waals surface area contributed by atoms with Gasteiger partial charge < -0.3 is 10.1 Å². The molecule has 0 aliphatic carbocycles. The van der Waals surface area contributed by atoms with Crippen molar-refractivity contribution in [1.29, 1.82) is 0 Å². The average Bonchev–Trinajstić information content (AvgIpc) is 2.27. The maximum atomic E-state index is 11.7. The van der Waals surface area contributed by atoms with Gasteiger partial charge in [0, 0.05) is 4.47 Å². The summed E-state index contributed by atoms with van der Waals surface area (Å²) in [5.74, 6) is 0. The van der Waals surface area contributed by atoms with Gasteiger partial charge in [-0.15, -0.1) is 0 Å². The maximum Gasteiger partial charge on any atom is 0.412 e. The zero-order chi connectivity index (χ0) is 14.5. The lowest BCUT2D eigenvalue weighted by Crippen LogP contribution is -2.27. The van der Waals surface area contributed by atoms with Gasteiger partial charge in [0.2, 0.25) is 0 Å². The molecular weight excluding hydrogens is 308 g/mol. The van der Waals surface area contributed by atoms with Crippen LogP contribution in [0.1, 0.15) is 26.3 Å². The average molecular weight is 329 g/mol. The van der Waals surface area contributed by atoms with Crippen LogP contribution < -0.4 is 10.6 Å². The fourth-order valence-electron chi connectivity index (χ4n) is 1.51. The number of rotatable bonds is 4. The van der Waals surface area contributed by atoms with Crippen molar-refractivity contribution in [2.24, 2.45) is 0 Å². The Hall–Kier alpha value is -1.07. The smallest absolute Gasteiger partial charge is 0.412 e. The fraction of sp³-hybridized carbons (Fsp3) is 0.500. The lowest BCUT2D eigenvalue weighted by atomic mass is 10.1. The number of hydrogen-bond acceptors (Lipinski definition) is 3. The maximum absolute atomic E-state index is 11.7. The third-order valence-electron chi connectivity index (χ3n) is 2.33. The number of benzene rings is 1. The van der Waals surface area contributed by atoms with E-state index in [4.69, 9.17) is 4.74 Å². The Morgan fingerprint density at radius 2 is 2.05 bits per heavy atom. The highest BCUT2D eigenvalue weighted by molar-refractivity contribution is 9.10. The van der Waals surface area contributed by atoms with Crippen molar-refractivity contribution in [2.45, 2.75) is 32.8 Å². The van der Waals surface area contributed by atoms with Crippen molar-refractivity contribution in [2.75, 3.05) is 18.9 Å². The molecule has 4 nitrogen and oxygen atoms in total. The Morgan fingerprint density at radius 1 is 1.37 bits per heavy atom. The van der Waals surface area contributed by atoms with Crippen molar-refractivity contribution < 1.29 is 9.53 Å². The molecular formula is C14H21BrN2O2. The Balaban J connectivity index is 2.73. The van der Waals surface area contributed by atoms with Gasteiger partial charge in [-0.25, -0.2) is 4.79 Å². The number of carbonyl (C=O) groups is 1. The van der Waals surface area contributed by atoms with Gasteiger partial charge >= 0.3 is 6.09 Å². The van der Waals surface area contributed by atoms with Crippen LogP contribution in [0.15, 0.2) is 22.7 Å². The van der Waals surface area contributed by atoms with E-state index in [1.807, 2.05) is 46.0 Å². The van der Waals surface area contributed by atoms with Crippen molar-refractivity contribution in [3.63, 3.8) is 0 Å². The second-order valence-electron chi connectivity index (χ2n) is 5.29. The first-order valence-corrected chi connectivity index (χ1v) is 7.04. The SMILES string of the molecule is CNCCc1ccc(Br)c(NC(=O)OC(C)(C)C)c1. The van der Waals surface area contributed by atoms with Gasteiger partial charge in [0.25, 0.3) is 0 Å². The number of ether oxygens (including phenoxy) is 1. The molecule has 106 valence electrons. The topological polar surface area (TPSA) is 50.4 Å². The van der Waals surface area contributed by atoms with Gasteiger partial charge in [-0.2, -0.15) is 0 Å². The molecule has 0 aliphatic heterocycles. The van der Waals surface area contributed by atoms with E-state index in [2.05, 4.69) is 26.6 Å². The predicted molar refractivity (Wildman–Crippen MR) is 81.6 cm³/mol. The van der Waals surface area contributed by atoms with E-state index in [0.717, 1.165) is 28.7 Å². The molecule has 0 saturated carbocycles. The van der Waals surface area contributed by atoms with Crippen LogP contribution in [0, 0.1) is 0 Å². The second-order valence-corrected chi connectivity index (χ2v) is 6.15. The molecule has 1 aromatic carbocycles. The number of hydrogen-bond donors (Lipinski definition) is 2. The zero-order valence-electron chi connectivity index (χ0n) is 11.8. The lowest BCUT2D eigenvalue weighted by molar-refractivity contribution is 0.0636. The van der Waals surface area contributed by atoms with Crippen molar-refractivity contribution in [1.82, 2.24) is 5.32 Å². The molecule has 1 rings (SSSR count). The minimum atomic E-state index is -0.500. The molecule has 0 aliphatic rings. The Bertz CT molecular complexity index is 442. The summed E-state index contributed by atoms with van der Waals surface area (Å²) in [5.41, 5.74) is 1.38. The van der Waals surface area contributed by atoms with Gasteiger partial charge in [0.15, 0.2) is 0 Å². The molecule has 0 atom stereocenters. The van der Waals surface area contributed by atoms with Crippen LogP contribution in [0.3, 0.4) is 0 Å². The van der Waals surface area contributed by atoms with E-state index in [1.54, 1.807) is 0 Å². The molecule has 1 amide bonds. The molecule has 5 heteroatoms. The van der Waals surface area contributed by atoms with Gasteiger partial charge in [0.1, 0.15) is 5.60 Å². The second kappa shape index (κ2) is 6.91. The molecule has 0 heterocycles. The Labute approximate surface area is 123 Å². The van der Waals surface area contributed by atoms with E-state index in [0.29, 0.717) is 0 Å². The largest absolute Gasteiger partial charge is 0.444 e. The highest BCUT2D eigenvalue weighted by Gasteiger charge is 2.17. The summed E-state index contributed by atoms with van der Waals surface area (Å²) < 4.78 is 6.07. The minimum Gasteiger partial charge on any atom is -0.444 e. The summed E-state index contributed by atoms with van der Waals surface area (Å²) in [5, 5.41) is 5.85. The first-order valence-electron chi connectivity index (χ1n) is 6.25. The third kappa shape index (κ3) is 6.07.